The number of benzene rings is 9. The summed E-state index contributed by atoms with van der Waals surface area (Å²) in [5.41, 5.74) is 11.6. The van der Waals surface area contributed by atoms with Crippen molar-refractivity contribution in [2.24, 2.45) is 0 Å². The number of aromatic nitrogens is 3. The Morgan fingerprint density at radius 1 is 0.400 bits per heavy atom. The first-order valence-electron chi connectivity index (χ1n) is 38.6. The number of carbonyl (C=O) groups is 6. The molecular weight excluding hydrogens is 1650 g/mol. The Hall–Kier alpha value is -11.6. The maximum Gasteiger partial charge on any atom is 0.281 e. The molecule has 0 aliphatic carbocycles. The van der Waals surface area contributed by atoms with Crippen LogP contribution in [0.5, 0.6) is 17.2 Å². The number of amides is 5. The van der Waals surface area contributed by atoms with Crippen LogP contribution >= 0.6 is 34.8 Å². The first kappa shape index (κ1) is 90.7. The minimum atomic E-state index is -4.11. The Kier molecular flexibility index (Phi) is 32.0. The molecule has 0 spiro atoms. The van der Waals surface area contributed by atoms with Crippen LogP contribution in [0, 0.1) is 47.4 Å². The Morgan fingerprint density at radius 3 is 1.12 bits per heavy atom. The molecule has 9 aromatic carbocycles. The largest absolute Gasteiger partial charge is 0.494 e. The quantitative estimate of drug-likeness (QED) is 0.0104. The molecule has 0 unspecified atom stereocenters. The molecule has 0 atom stereocenters. The second-order valence-electron chi connectivity index (χ2n) is 28.5. The topological polar surface area (TPSA) is 340 Å². The fourth-order valence-corrected chi connectivity index (χ4v) is 16.4. The second kappa shape index (κ2) is 42.4. The third-order valence-corrected chi connectivity index (χ3v) is 24.8. The molecule has 5 amide bonds. The molecule has 0 aliphatic rings. The third kappa shape index (κ3) is 25.7. The van der Waals surface area contributed by atoms with E-state index in [-0.39, 0.29) is 60.1 Å². The zero-order valence-corrected chi connectivity index (χ0v) is 71.5. The monoisotopic (exact) mass is 1740 g/mol. The van der Waals surface area contributed by atoms with Gasteiger partial charge in [0.05, 0.1) is 42.6 Å². The van der Waals surface area contributed by atoms with E-state index in [0.717, 1.165) is 94.3 Å². The highest BCUT2D eigenvalue weighted by molar-refractivity contribution is 7.90. The van der Waals surface area contributed by atoms with E-state index in [1.54, 1.807) is 36.4 Å². The van der Waals surface area contributed by atoms with E-state index in [9.17, 15) is 58.4 Å². The van der Waals surface area contributed by atoms with Crippen LogP contribution in [0.3, 0.4) is 0 Å². The molecule has 0 bridgehead atoms. The summed E-state index contributed by atoms with van der Waals surface area (Å²) in [5.74, 6) is -3.53. The van der Waals surface area contributed by atoms with Gasteiger partial charge in [0.2, 0.25) is 36.0 Å². The van der Waals surface area contributed by atoms with E-state index >= 15 is 0 Å². The molecule has 0 saturated carbocycles. The number of ether oxygens (including phenoxy) is 3. The molecule has 0 fully saturated rings. The SMILES string of the molecule is Cc1cc(OCCCc2c(C(=O)NS(=O)(=O)CCCC(=O)c3ccccc3)[nH]c3ccccc23)cc(C)c1Cl.Cc1cc(OCCCc2c(C(=O)NS(=O)(=O)CCNC(=O)/C=C/c3ccccc3)[nH]c3ccccc23)cc(C)c1Cl.Cc1cc(OCCCc2c(C(=O)NS(=O)(=O)CCNC(=O)c3ccccc3F)[nH]c3ccccc23)cc(C)c1Cl. The Morgan fingerprint density at radius 2 is 0.733 bits per heavy atom. The number of rotatable bonds is 35. The van der Waals surface area contributed by atoms with Gasteiger partial charge in [0.15, 0.2) is 5.78 Å². The van der Waals surface area contributed by atoms with Crippen LogP contribution in [0.2, 0.25) is 15.1 Å². The van der Waals surface area contributed by atoms with E-state index < -0.39 is 76.9 Å². The van der Waals surface area contributed by atoms with Crippen LogP contribution in [0.15, 0.2) is 200 Å². The van der Waals surface area contributed by atoms with Crippen LogP contribution in [0.1, 0.15) is 140 Å². The summed E-state index contributed by atoms with van der Waals surface area (Å²) in [4.78, 5) is 84.9. The van der Waals surface area contributed by atoms with E-state index in [4.69, 9.17) is 49.0 Å². The number of sulfonamides is 3. The number of carbonyl (C=O) groups excluding carboxylic acids is 6. The van der Waals surface area contributed by atoms with Crippen LogP contribution in [-0.2, 0) is 54.1 Å². The summed E-state index contributed by atoms with van der Waals surface area (Å²) in [6.07, 6.45) is 6.36. The van der Waals surface area contributed by atoms with Gasteiger partial charge in [0.1, 0.15) is 40.1 Å². The van der Waals surface area contributed by atoms with Gasteiger partial charge in [0, 0.05) is 78.9 Å². The summed E-state index contributed by atoms with van der Waals surface area (Å²) >= 11 is 18.7. The van der Waals surface area contributed by atoms with Crippen molar-refractivity contribution < 1.29 is 72.6 Å². The molecule has 12 aromatic rings. The zero-order chi connectivity index (χ0) is 86.3. The van der Waals surface area contributed by atoms with Crippen molar-refractivity contribution >= 4 is 139 Å². The number of fused-ring (bicyclic) bond motifs is 3. The molecule has 628 valence electrons. The molecule has 0 saturated heterocycles. The van der Waals surface area contributed by atoms with Crippen LogP contribution in [-0.4, -0.2) is 126 Å². The van der Waals surface area contributed by atoms with E-state index in [2.05, 4.69) is 39.8 Å². The van der Waals surface area contributed by atoms with Crippen molar-refractivity contribution in [3.8, 4) is 17.2 Å². The van der Waals surface area contributed by atoms with Crippen molar-refractivity contribution in [3.63, 3.8) is 0 Å². The lowest BCUT2D eigenvalue weighted by Gasteiger charge is -2.11. The van der Waals surface area contributed by atoms with E-state index in [1.807, 2.05) is 181 Å². The first-order chi connectivity index (χ1) is 57.3. The van der Waals surface area contributed by atoms with Crippen molar-refractivity contribution in [3.05, 3.63) is 305 Å². The summed E-state index contributed by atoms with van der Waals surface area (Å²) in [5, 5.41) is 9.51. The van der Waals surface area contributed by atoms with Gasteiger partial charge in [0.25, 0.3) is 23.6 Å². The van der Waals surface area contributed by atoms with Crippen LogP contribution in [0.4, 0.5) is 4.39 Å². The van der Waals surface area contributed by atoms with Gasteiger partial charge in [-0.15, -0.1) is 0 Å². The minimum absolute atomic E-state index is 0.0728. The summed E-state index contributed by atoms with van der Waals surface area (Å²) in [7, 11) is -12.1. The number of Topliss-reactive ketones (excluding diaryl/α,β-unsaturated/α-hetero) is 1. The Labute approximate surface area is 711 Å². The number of aromatic amines is 3. The molecule has 8 N–H and O–H groups in total. The van der Waals surface area contributed by atoms with E-state index in [1.165, 1.54) is 24.3 Å². The minimum Gasteiger partial charge on any atom is -0.494 e. The van der Waals surface area contributed by atoms with Gasteiger partial charge in [-0.2, -0.15) is 0 Å². The number of halogens is 4. The molecule has 23 nitrogen and oxygen atoms in total. The molecule has 3 heterocycles. The number of hydrogen-bond acceptors (Lipinski definition) is 15. The van der Waals surface area contributed by atoms with Crippen LogP contribution in [0.25, 0.3) is 38.8 Å². The maximum absolute atomic E-state index is 13.8. The maximum atomic E-state index is 13.8. The number of nitrogens with one attached hydrogen (secondary N) is 8. The number of para-hydroxylation sites is 3. The highest BCUT2D eigenvalue weighted by atomic mass is 35.5. The molecule has 0 aliphatic heterocycles. The molecule has 120 heavy (non-hydrogen) atoms. The van der Waals surface area contributed by atoms with Crippen molar-refractivity contribution in [2.45, 2.75) is 92.9 Å². The van der Waals surface area contributed by atoms with Crippen molar-refractivity contribution in [1.82, 2.24) is 39.8 Å². The third-order valence-electron chi connectivity index (χ3n) is 19.2. The predicted octanol–water partition coefficient (Wildman–Crippen LogP) is 16.6. The Balaban J connectivity index is 0.000000189. The van der Waals surface area contributed by atoms with Gasteiger partial charge in [-0.25, -0.2) is 43.8 Å². The van der Waals surface area contributed by atoms with Crippen LogP contribution < -0.4 is 39.0 Å². The smallest absolute Gasteiger partial charge is 0.281 e. The number of aryl methyl sites for hydroxylation is 9. The summed E-state index contributed by atoms with van der Waals surface area (Å²) < 4.78 is 114. The Bertz CT molecular complexity index is 6050. The molecule has 12 rings (SSSR count). The number of H-pyrrole nitrogens is 3. The highest BCUT2D eigenvalue weighted by Gasteiger charge is 2.27. The highest BCUT2D eigenvalue weighted by Crippen LogP contribution is 2.32. The fourth-order valence-electron chi connectivity index (χ4n) is 13.3. The van der Waals surface area contributed by atoms with Crippen molar-refractivity contribution in [2.75, 3.05) is 50.2 Å². The zero-order valence-electron chi connectivity index (χ0n) is 66.8. The second-order valence-corrected chi connectivity index (χ2v) is 35.1. The van der Waals surface area contributed by atoms with Gasteiger partial charge in [-0.05, 0) is 215 Å². The van der Waals surface area contributed by atoms with Gasteiger partial charge < -0.3 is 39.8 Å². The molecule has 0 radical (unpaired) electrons. The lowest BCUT2D eigenvalue weighted by atomic mass is 10.1. The summed E-state index contributed by atoms with van der Waals surface area (Å²) in [6, 6.07) is 56.8. The van der Waals surface area contributed by atoms with Gasteiger partial charge >= 0.3 is 0 Å². The standard InChI is InChI=1S/C31H32ClN3O5S.C30H31ClN2O5S.C29H29ClFN3O5S/c1-21-19-24(20-22(2)29(21)32)40-17-8-12-26-25-11-6-7-13-27(25)34-30(26)31(37)35-41(38,39)18-16-33-28(36)15-14-23-9-4-3-5-10-23;1-20-18-23(19-21(2)28(20)31)38-16-8-13-25-24-12-6-7-14-26(24)32-29(25)30(35)33-39(36,37)17-9-15-27(34)22-10-4-3-5-11-22;1-18-16-20(17-19(2)26(18)30)39-14-7-10-22-21-8-4-6-12-25(21)33-27(22)29(36)34-40(37,38)15-13-32-28(35)23-9-3-5-11-24(23)31/h3-7,9-11,13-15,19-20,34H,8,12,16-18H2,1-2H3,(H,33,36)(H,35,37);3-7,10-12,14,18-19,32H,8-9,13,15-17H2,1-2H3,(H,33,35);3-6,8-9,11-12,16-17,33H,7,10,13-15H2,1-2H3,(H,32,35)(H,34,36)/b15-14+;;. The molecule has 30 heteroatoms. The summed E-state index contributed by atoms with van der Waals surface area (Å²) in [6.45, 7) is 12.2. The molecule has 3 aromatic heterocycles. The molecular formula is C90H92Cl3FN8O15S3. The predicted molar refractivity (Wildman–Crippen MR) is 470 cm³/mol. The van der Waals surface area contributed by atoms with Gasteiger partial charge in [-0.3, -0.25) is 28.8 Å². The average molecular weight is 1750 g/mol. The number of ketones is 1. The average Bonchev–Trinajstić information content (AvgIpc) is 1.65. The van der Waals surface area contributed by atoms with Crippen molar-refractivity contribution in [1.29, 1.82) is 0 Å². The van der Waals surface area contributed by atoms with Gasteiger partial charge in [-0.1, -0.05) is 162 Å². The normalized spacial score (nSPS) is 11.5. The first-order valence-corrected chi connectivity index (χ1v) is 44.7. The van der Waals surface area contributed by atoms with E-state index in [0.29, 0.717) is 96.3 Å². The number of hydrogen-bond donors (Lipinski definition) is 8. The lowest BCUT2D eigenvalue weighted by molar-refractivity contribution is -0.116. The lowest BCUT2D eigenvalue weighted by Crippen LogP contribution is -2.38. The fraction of sp³-hybridized carbons (Fsp3) is 0.244.